The van der Waals surface area contributed by atoms with Crippen LogP contribution in [0.5, 0.6) is 0 Å². The van der Waals surface area contributed by atoms with Crippen LogP contribution in [0.2, 0.25) is 0 Å². The molecule has 0 aromatic heterocycles. The van der Waals surface area contributed by atoms with Gasteiger partial charge in [-0.3, -0.25) is 4.79 Å². The molecule has 1 aliphatic rings. The maximum Gasteiger partial charge on any atom is 0.410 e. The Morgan fingerprint density at radius 3 is 2.46 bits per heavy atom. The molecule has 0 radical (unpaired) electrons. The summed E-state index contributed by atoms with van der Waals surface area (Å²) in [7, 11) is 0. The number of hydrogen-bond acceptors (Lipinski definition) is 4. The molecule has 26 heavy (non-hydrogen) atoms. The number of carbonyl (C=O) groups excluding carboxylic acids is 1. The lowest BCUT2D eigenvalue weighted by atomic mass is 9.76. The Kier molecular flexibility index (Phi) is 5.96. The molecular formula is C20H30N2O4. The van der Waals surface area contributed by atoms with Crippen molar-refractivity contribution in [3.8, 4) is 0 Å². The summed E-state index contributed by atoms with van der Waals surface area (Å²) in [5.74, 6) is -0.913. The second-order valence-electron chi connectivity index (χ2n) is 8.26. The van der Waals surface area contributed by atoms with Gasteiger partial charge in [0.1, 0.15) is 5.60 Å². The minimum atomic E-state index is -1.09. The Balaban J connectivity index is 2.12. The van der Waals surface area contributed by atoms with Crippen LogP contribution in [-0.4, -0.2) is 46.8 Å². The molecule has 1 aliphatic heterocycles. The van der Waals surface area contributed by atoms with Crippen molar-refractivity contribution >= 4 is 12.1 Å². The maximum absolute atomic E-state index is 12.4. The molecular weight excluding hydrogens is 332 g/mol. The summed E-state index contributed by atoms with van der Waals surface area (Å²) >= 11 is 0. The average molecular weight is 362 g/mol. The predicted molar refractivity (Wildman–Crippen MR) is 99.9 cm³/mol. The van der Waals surface area contributed by atoms with Crippen molar-refractivity contribution in [2.24, 2.45) is 5.41 Å². The van der Waals surface area contributed by atoms with E-state index in [1.807, 2.05) is 37.3 Å². The van der Waals surface area contributed by atoms with Crippen molar-refractivity contribution in [2.45, 2.75) is 58.7 Å². The minimum absolute atomic E-state index is 0.0213. The van der Waals surface area contributed by atoms with Crippen LogP contribution in [0.3, 0.4) is 0 Å². The van der Waals surface area contributed by atoms with Crippen LogP contribution in [0.1, 0.15) is 52.6 Å². The monoisotopic (exact) mass is 362 g/mol. The smallest absolute Gasteiger partial charge is 0.410 e. The van der Waals surface area contributed by atoms with Crippen molar-refractivity contribution in [1.82, 2.24) is 10.2 Å². The van der Waals surface area contributed by atoms with Crippen molar-refractivity contribution in [1.29, 1.82) is 0 Å². The molecule has 6 heteroatoms. The summed E-state index contributed by atoms with van der Waals surface area (Å²) in [4.78, 5) is 25.9. The highest BCUT2D eigenvalue weighted by molar-refractivity contribution is 5.77. The average Bonchev–Trinajstić information content (AvgIpc) is 2.55. The van der Waals surface area contributed by atoms with E-state index in [9.17, 15) is 14.7 Å². The lowest BCUT2D eigenvalue weighted by Crippen LogP contribution is -2.60. The van der Waals surface area contributed by atoms with Gasteiger partial charge in [0.15, 0.2) is 0 Å². The van der Waals surface area contributed by atoms with Crippen LogP contribution in [0.25, 0.3) is 0 Å². The van der Waals surface area contributed by atoms with E-state index in [2.05, 4.69) is 5.32 Å². The van der Waals surface area contributed by atoms with Gasteiger partial charge in [0.05, 0.1) is 5.41 Å². The lowest BCUT2D eigenvalue weighted by molar-refractivity contribution is -0.153. The van der Waals surface area contributed by atoms with Crippen molar-refractivity contribution in [3.63, 3.8) is 0 Å². The van der Waals surface area contributed by atoms with Gasteiger partial charge >= 0.3 is 12.1 Å². The van der Waals surface area contributed by atoms with Crippen LogP contribution < -0.4 is 5.32 Å². The summed E-state index contributed by atoms with van der Waals surface area (Å²) < 4.78 is 5.41. The molecule has 1 amide bonds. The number of aliphatic carboxylic acids is 1. The second-order valence-corrected chi connectivity index (χ2v) is 8.26. The third-order valence-corrected chi connectivity index (χ3v) is 4.87. The predicted octanol–water partition coefficient (Wildman–Crippen LogP) is 3.44. The lowest BCUT2D eigenvalue weighted by Gasteiger charge is -2.44. The van der Waals surface area contributed by atoms with E-state index >= 15 is 0 Å². The van der Waals surface area contributed by atoms with Gasteiger partial charge in [-0.1, -0.05) is 30.3 Å². The molecule has 1 heterocycles. The molecule has 144 valence electrons. The van der Waals surface area contributed by atoms with E-state index in [0.29, 0.717) is 13.0 Å². The number of piperidine rings is 1. The fourth-order valence-electron chi connectivity index (χ4n) is 3.30. The second kappa shape index (κ2) is 7.66. The number of ether oxygens (including phenoxy) is 1. The molecule has 1 aromatic carbocycles. The molecule has 6 nitrogen and oxygen atoms in total. The van der Waals surface area contributed by atoms with E-state index in [4.69, 9.17) is 4.74 Å². The molecule has 0 spiro atoms. The van der Waals surface area contributed by atoms with E-state index in [1.165, 1.54) is 4.90 Å². The Hall–Kier alpha value is -2.08. The first kappa shape index (κ1) is 20.2. The molecule has 0 unspecified atom stereocenters. The first-order chi connectivity index (χ1) is 12.0. The normalized spacial score (nSPS) is 24.8. The number of rotatable bonds is 4. The Morgan fingerprint density at radius 1 is 1.31 bits per heavy atom. The number of nitrogens with one attached hydrogen (secondary N) is 1. The van der Waals surface area contributed by atoms with Crippen molar-refractivity contribution in [3.05, 3.63) is 35.9 Å². The highest BCUT2D eigenvalue weighted by Gasteiger charge is 2.48. The molecule has 0 bridgehead atoms. The molecule has 2 N–H and O–H groups in total. The Bertz CT molecular complexity index is 641. The molecule has 3 atom stereocenters. The SMILES string of the molecule is C[C@@H](N[C@@H]1CCN(C(=O)OC(C)(C)C)C[C@]1(C)C(=O)O)c1ccccc1. The summed E-state index contributed by atoms with van der Waals surface area (Å²) in [6.07, 6.45) is 0.0960. The fraction of sp³-hybridized carbons (Fsp3) is 0.600. The molecule has 1 aromatic rings. The Morgan fingerprint density at radius 2 is 1.92 bits per heavy atom. The van der Waals surface area contributed by atoms with Gasteiger partial charge in [-0.05, 0) is 46.6 Å². The molecule has 1 saturated heterocycles. The number of carboxylic acid groups (broad SMARTS) is 1. The van der Waals surface area contributed by atoms with Crippen molar-refractivity contribution in [2.75, 3.05) is 13.1 Å². The standard InChI is InChI=1S/C20H30N2O4/c1-14(15-9-7-6-8-10-15)21-16-11-12-22(13-20(16,5)17(23)24)18(25)26-19(2,3)4/h6-10,14,16,21H,11-13H2,1-5H3,(H,23,24)/t14-,16-,20+/m1/s1. The van der Waals surface area contributed by atoms with Gasteiger partial charge in [0, 0.05) is 25.2 Å². The van der Waals surface area contributed by atoms with Gasteiger partial charge < -0.3 is 20.1 Å². The van der Waals surface area contributed by atoms with Crippen LogP contribution in [-0.2, 0) is 9.53 Å². The van der Waals surface area contributed by atoms with Gasteiger partial charge in [0.25, 0.3) is 0 Å². The third-order valence-electron chi connectivity index (χ3n) is 4.87. The van der Waals surface area contributed by atoms with Crippen LogP contribution in [0.4, 0.5) is 4.79 Å². The van der Waals surface area contributed by atoms with E-state index in [0.717, 1.165) is 5.56 Å². The highest BCUT2D eigenvalue weighted by Crippen LogP contribution is 2.33. The van der Waals surface area contributed by atoms with Gasteiger partial charge in [-0.25, -0.2) is 4.79 Å². The van der Waals surface area contributed by atoms with Crippen LogP contribution in [0.15, 0.2) is 30.3 Å². The number of carboxylic acids is 1. The van der Waals surface area contributed by atoms with E-state index in [-0.39, 0.29) is 18.6 Å². The number of likely N-dealkylation sites (tertiary alicyclic amines) is 1. The number of nitrogens with zero attached hydrogens (tertiary/aromatic N) is 1. The molecule has 1 fully saturated rings. The largest absolute Gasteiger partial charge is 0.481 e. The first-order valence-electron chi connectivity index (χ1n) is 9.05. The number of amides is 1. The summed E-state index contributed by atoms with van der Waals surface area (Å²) in [6.45, 7) is 9.72. The zero-order valence-corrected chi connectivity index (χ0v) is 16.3. The van der Waals surface area contributed by atoms with Crippen LogP contribution >= 0.6 is 0 Å². The number of carbonyl (C=O) groups is 2. The number of hydrogen-bond donors (Lipinski definition) is 2. The zero-order chi connectivity index (χ0) is 19.5. The number of benzene rings is 1. The molecule has 0 aliphatic carbocycles. The van der Waals surface area contributed by atoms with Crippen LogP contribution in [0, 0.1) is 5.41 Å². The van der Waals surface area contributed by atoms with E-state index in [1.54, 1.807) is 27.7 Å². The summed E-state index contributed by atoms with van der Waals surface area (Å²) in [5, 5.41) is 13.3. The zero-order valence-electron chi connectivity index (χ0n) is 16.3. The third kappa shape index (κ3) is 4.75. The summed E-state index contributed by atoms with van der Waals surface area (Å²) in [5.41, 5.74) is -0.582. The molecule has 2 rings (SSSR count). The topological polar surface area (TPSA) is 78.9 Å². The first-order valence-corrected chi connectivity index (χ1v) is 9.05. The van der Waals surface area contributed by atoms with Gasteiger partial charge in [0.2, 0.25) is 0 Å². The Labute approximate surface area is 155 Å². The van der Waals surface area contributed by atoms with E-state index < -0.39 is 23.1 Å². The van der Waals surface area contributed by atoms with Gasteiger partial charge in [-0.2, -0.15) is 0 Å². The fourth-order valence-corrected chi connectivity index (χ4v) is 3.30. The van der Waals surface area contributed by atoms with Gasteiger partial charge in [-0.15, -0.1) is 0 Å². The molecule has 0 saturated carbocycles. The minimum Gasteiger partial charge on any atom is -0.481 e. The quantitative estimate of drug-likeness (QED) is 0.858. The maximum atomic E-state index is 12.4. The summed E-state index contributed by atoms with van der Waals surface area (Å²) in [6, 6.07) is 9.71. The van der Waals surface area contributed by atoms with Crippen molar-refractivity contribution < 1.29 is 19.4 Å². The highest BCUT2D eigenvalue weighted by atomic mass is 16.6.